The molecule has 0 aliphatic carbocycles. The van der Waals surface area contributed by atoms with Crippen LogP contribution in [0.4, 0.5) is 5.82 Å². The average Bonchev–Trinajstić information content (AvgIpc) is 3.14. The molecule has 6 heteroatoms. The molecule has 1 fully saturated rings. The predicted octanol–water partition coefficient (Wildman–Crippen LogP) is 1.54. The zero-order valence-corrected chi connectivity index (χ0v) is 10.4. The highest BCUT2D eigenvalue weighted by Crippen LogP contribution is 2.14. The maximum Gasteiger partial charge on any atom is 0.214 e. The van der Waals surface area contributed by atoms with Crippen molar-refractivity contribution in [2.75, 3.05) is 25.5 Å². The third-order valence-corrected chi connectivity index (χ3v) is 2.60. The Hall–Kier alpha value is -1.95. The molecule has 6 nitrogen and oxygen atoms in total. The van der Waals surface area contributed by atoms with Crippen molar-refractivity contribution in [3.8, 4) is 11.4 Å². The molecule has 0 spiro atoms. The molecule has 3 heterocycles. The molecular formula is C12H17N5O. The van der Waals surface area contributed by atoms with Gasteiger partial charge in [0.1, 0.15) is 5.82 Å². The van der Waals surface area contributed by atoms with Crippen molar-refractivity contribution in [2.45, 2.75) is 12.8 Å². The van der Waals surface area contributed by atoms with Crippen LogP contribution >= 0.6 is 0 Å². The van der Waals surface area contributed by atoms with Crippen molar-refractivity contribution >= 4 is 5.82 Å². The highest BCUT2D eigenvalue weighted by atomic mass is 16.5. The van der Waals surface area contributed by atoms with Gasteiger partial charge in [0.05, 0.1) is 0 Å². The van der Waals surface area contributed by atoms with Gasteiger partial charge < -0.3 is 15.2 Å². The number of anilines is 1. The van der Waals surface area contributed by atoms with E-state index in [9.17, 15) is 0 Å². The first-order valence-corrected chi connectivity index (χ1v) is 6.01. The van der Waals surface area contributed by atoms with Gasteiger partial charge in [-0.2, -0.15) is 4.98 Å². The molecule has 2 aromatic heterocycles. The minimum absolute atomic E-state index is 0.551. The largest absolute Gasteiger partial charge is 0.373 e. The zero-order chi connectivity index (χ0) is 12.6. The second kappa shape index (κ2) is 6.70. The minimum Gasteiger partial charge on any atom is -0.373 e. The molecule has 2 N–H and O–H groups in total. The minimum atomic E-state index is 0.551. The summed E-state index contributed by atoms with van der Waals surface area (Å²) in [5, 5.41) is 9.84. The first-order valence-electron chi connectivity index (χ1n) is 6.01. The highest BCUT2D eigenvalue weighted by Gasteiger charge is 2.02. The normalized spacial score (nSPS) is 13.8. The number of hydrogen-bond acceptors (Lipinski definition) is 6. The van der Waals surface area contributed by atoms with E-state index in [2.05, 4.69) is 30.3 Å². The van der Waals surface area contributed by atoms with Crippen molar-refractivity contribution < 1.29 is 4.52 Å². The van der Waals surface area contributed by atoms with E-state index in [-0.39, 0.29) is 0 Å². The molecule has 0 aromatic carbocycles. The molecule has 0 unspecified atom stereocenters. The van der Waals surface area contributed by atoms with Crippen molar-refractivity contribution in [3.63, 3.8) is 0 Å². The Bertz CT molecular complexity index is 428. The van der Waals surface area contributed by atoms with Crippen LogP contribution in [0.25, 0.3) is 11.4 Å². The molecule has 1 aliphatic heterocycles. The topological polar surface area (TPSA) is 75.9 Å². The summed E-state index contributed by atoms with van der Waals surface area (Å²) in [4.78, 5) is 8.02. The fraction of sp³-hybridized carbons (Fsp3) is 0.417. The Labute approximate surface area is 106 Å². The molecular weight excluding hydrogens is 230 g/mol. The molecule has 2 aromatic rings. The van der Waals surface area contributed by atoms with E-state index in [1.165, 1.54) is 32.3 Å². The van der Waals surface area contributed by atoms with Crippen LogP contribution in [-0.2, 0) is 0 Å². The number of rotatable bonds is 2. The molecule has 1 aliphatic rings. The average molecular weight is 247 g/mol. The molecule has 18 heavy (non-hydrogen) atoms. The van der Waals surface area contributed by atoms with Gasteiger partial charge in [-0.3, -0.25) is 0 Å². The Morgan fingerprint density at radius 2 is 2.06 bits per heavy atom. The summed E-state index contributed by atoms with van der Waals surface area (Å²) >= 11 is 0. The van der Waals surface area contributed by atoms with Gasteiger partial charge in [-0.25, -0.2) is 4.98 Å². The lowest BCUT2D eigenvalue weighted by Gasteiger charge is -1.97. The maximum absolute atomic E-state index is 4.62. The monoisotopic (exact) mass is 247 g/mol. The van der Waals surface area contributed by atoms with E-state index in [1.54, 1.807) is 6.20 Å². The Kier molecular flexibility index (Phi) is 4.66. The van der Waals surface area contributed by atoms with E-state index in [0.717, 1.165) is 11.4 Å². The third-order valence-electron chi connectivity index (χ3n) is 2.60. The van der Waals surface area contributed by atoms with Crippen LogP contribution in [0.15, 0.2) is 29.2 Å². The van der Waals surface area contributed by atoms with E-state index < -0.39 is 0 Å². The number of nitrogens with one attached hydrogen (secondary N) is 2. The summed E-state index contributed by atoms with van der Waals surface area (Å²) in [5.41, 5.74) is 0.841. The Morgan fingerprint density at radius 3 is 2.50 bits per heavy atom. The fourth-order valence-corrected chi connectivity index (χ4v) is 1.60. The van der Waals surface area contributed by atoms with Gasteiger partial charge in [0.2, 0.25) is 12.2 Å². The molecule has 0 amide bonds. The summed E-state index contributed by atoms with van der Waals surface area (Å²) < 4.78 is 4.62. The number of pyridine rings is 1. The number of nitrogens with zero attached hydrogens (tertiary/aromatic N) is 3. The highest BCUT2D eigenvalue weighted by molar-refractivity contribution is 5.54. The quantitative estimate of drug-likeness (QED) is 0.838. The lowest BCUT2D eigenvalue weighted by molar-refractivity contribution is 0.418. The summed E-state index contributed by atoms with van der Waals surface area (Å²) in [6.45, 7) is 2.50. The number of aromatic nitrogens is 3. The van der Waals surface area contributed by atoms with E-state index in [0.29, 0.717) is 5.82 Å². The Morgan fingerprint density at radius 1 is 1.22 bits per heavy atom. The molecule has 96 valence electrons. The van der Waals surface area contributed by atoms with Gasteiger partial charge in [0.15, 0.2) is 0 Å². The van der Waals surface area contributed by atoms with E-state index in [1.807, 2.05) is 19.2 Å². The van der Waals surface area contributed by atoms with E-state index >= 15 is 0 Å². The second-order valence-corrected chi connectivity index (χ2v) is 3.89. The third kappa shape index (κ3) is 3.53. The molecule has 0 saturated carbocycles. The lowest BCUT2D eigenvalue weighted by Crippen LogP contribution is -2.03. The van der Waals surface area contributed by atoms with Gasteiger partial charge in [-0.15, -0.1) is 0 Å². The molecule has 0 atom stereocenters. The molecule has 0 bridgehead atoms. The van der Waals surface area contributed by atoms with Gasteiger partial charge in [0, 0.05) is 18.8 Å². The fourth-order valence-electron chi connectivity index (χ4n) is 1.60. The first-order chi connectivity index (χ1) is 8.90. The van der Waals surface area contributed by atoms with Gasteiger partial charge >= 0.3 is 0 Å². The van der Waals surface area contributed by atoms with Crippen LogP contribution in [0.3, 0.4) is 0 Å². The van der Waals surface area contributed by atoms with Crippen LogP contribution in [0.2, 0.25) is 0 Å². The maximum atomic E-state index is 4.62. The summed E-state index contributed by atoms with van der Waals surface area (Å²) in [6.07, 6.45) is 5.76. The van der Waals surface area contributed by atoms with Crippen molar-refractivity contribution in [1.29, 1.82) is 0 Å². The van der Waals surface area contributed by atoms with E-state index in [4.69, 9.17) is 0 Å². The van der Waals surface area contributed by atoms with Crippen molar-refractivity contribution in [1.82, 2.24) is 20.4 Å². The second-order valence-electron chi connectivity index (χ2n) is 3.89. The predicted molar refractivity (Wildman–Crippen MR) is 69.2 cm³/mol. The zero-order valence-electron chi connectivity index (χ0n) is 10.4. The molecule has 3 rings (SSSR count). The van der Waals surface area contributed by atoms with Crippen molar-refractivity contribution in [3.05, 3.63) is 24.7 Å². The molecule has 1 saturated heterocycles. The SMILES string of the molecule is C1CCNC1.CNc1ccc(-c2ncon2)cn1. The summed E-state index contributed by atoms with van der Waals surface area (Å²) in [7, 11) is 1.82. The summed E-state index contributed by atoms with van der Waals surface area (Å²) in [6, 6.07) is 3.73. The van der Waals surface area contributed by atoms with Crippen LogP contribution < -0.4 is 10.6 Å². The Balaban J connectivity index is 0.000000202. The summed E-state index contributed by atoms with van der Waals surface area (Å²) in [5.74, 6) is 1.36. The smallest absolute Gasteiger partial charge is 0.214 e. The van der Waals surface area contributed by atoms with Gasteiger partial charge in [0.25, 0.3) is 0 Å². The van der Waals surface area contributed by atoms with Crippen LogP contribution in [0.5, 0.6) is 0 Å². The standard InChI is InChI=1S/C8H8N4O.C4H9N/c1-9-7-3-2-6(4-10-7)8-11-5-13-12-8;1-2-4-5-3-1/h2-5H,1H3,(H,9,10);5H,1-4H2. The van der Waals surface area contributed by atoms with Gasteiger partial charge in [-0.1, -0.05) is 5.16 Å². The van der Waals surface area contributed by atoms with Crippen LogP contribution in [0.1, 0.15) is 12.8 Å². The van der Waals surface area contributed by atoms with Crippen LogP contribution in [-0.4, -0.2) is 35.3 Å². The number of hydrogen-bond donors (Lipinski definition) is 2. The van der Waals surface area contributed by atoms with Crippen molar-refractivity contribution in [2.24, 2.45) is 0 Å². The van der Waals surface area contributed by atoms with Crippen LogP contribution in [0, 0.1) is 0 Å². The van der Waals surface area contributed by atoms with Gasteiger partial charge in [-0.05, 0) is 38.1 Å². The first kappa shape index (κ1) is 12.5. The lowest BCUT2D eigenvalue weighted by atomic mass is 10.3. The molecule has 0 radical (unpaired) electrons.